The zero-order chi connectivity index (χ0) is 16.7. The molecule has 0 atom stereocenters. The Hall–Kier alpha value is -2.14. The molecular weight excluding hydrogens is 320 g/mol. The van der Waals surface area contributed by atoms with Gasteiger partial charge in [-0.2, -0.15) is 0 Å². The standard InChI is InChI=1S/C19H20N2O2S/c1-13-6-7-16-14(10-13)4-2-8-21(16)18(22)15-11-20(12-15)19(23)17-5-3-9-24-17/h3,5-7,9-10,15H,2,4,8,11-12H2,1H3. The monoisotopic (exact) mass is 340 g/mol. The lowest BCUT2D eigenvalue weighted by molar-refractivity contribution is -0.126. The van der Waals surface area contributed by atoms with Gasteiger partial charge in [0.15, 0.2) is 0 Å². The minimum atomic E-state index is -0.0684. The maximum Gasteiger partial charge on any atom is 0.263 e. The molecule has 5 heteroatoms. The second-order valence-electron chi connectivity index (χ2n) is 6.61. The maximum atomic E-state index is 12.9. The second kappa shape index (κ2) is 6.06. The van der Waals surface area contributed by atoms with Gasteiger partial charge in [-0.3, -0.25) is 9.59 Å². The molecule has 24 heavy (non-hydrogen) atoms. The van der Waals surface area contributed by atoms with E-state index in [1.807, 2.05) is 22.4 Å². The fraction of sp³-hybridized carbons (Fsp3) is 0.368. The molecule has 2 aliphatic rings. The molecule has 2 aliphatic heterocycles. The summed E-state index contributed by atoms with van der Waals surface area (Å²) in [5.74, 6) is 0.139. The van der Waals surface area contributed by atoms with Gasteiger partial charge in [-0.1, -0.05) is 23.8 Å². The van der Waals surface area contributed by atoms with E-state index < -0.39 is 0 Å². The summed E-state index contributed by atoms with van der Waals surface area (Å²) in [6.07, 6.45) is 2.04. The van der Waals surface area contributed by atoms with Crippen molar-refractivity contribution in [1.29, 1.82) is 0 Å². The van der Waals surface area contributed by atoms with Crippen molar-refractivity contribution in [3.63, 3.8) is 0 Å². The van der Waals surface area contributed by atoms with Gasteiger partial charge in [-0.25, -0.2) is 0 Å². The van der Waals surface area contributed by atoms with E-state index in [0.29, 0.717) is 13.1 Å². The third-order valence-electron chi connectivity index (χ3n) is 4.87. The van der Waals surface area contributed by atoms with Crippen LogP contribution in [0.5, 0.6) is 0 Å². The molecule has 4 rings (SSSR count). The van der Waals surface area contributed by atoms with Gasteiger partial charge in [0.1, 0.15) is 0 Å². The van der Waals surface area contributed by atoms with E-state index in [-0.39, 0.29) is 17.7 Å². The number of benzene rings is 1. The van der Waals surface area contributed by atoms with Crippen LogP contribution in [0.15, 0.2) is 35.7 Å². The van der Waals surface area contributed by atoms with Crippen molar-refractivity contribution in [2.45, 2.75) is 19.8 Å². The van der Waals surface area contributed by atoms with Crippen LogP contribution in [-0.4, -0.2) is 36.3 Å². The van der Waals surface area contributed by atoms with Crippen molar-refractivity contribution < 1.29 is 9.59 Å². The first-order valence-corrected chi connectivity index (χ1v) is 9.25. The molecule has 0 unspecified atom stereocenters. The average Bonchev–Trinajstić information content (AvgIpc) is 3.06. The van der Waals surface area contributed by atoms with Gasteiger partial charge in [-0.15, -0.1) is 11.3 Å². The number of anilines is 1. The predicted molar refractivity (Wildman–Crippen MR) is 95.6 cm³/mol. The van der Waals surface area contributed by atoms with Crippen molar-refractivity contribution in [2.75, 3.05) is 24.5 Å². The topological polar surface area (TPSA) is 40.6 Å². The third kappa shape index (κ3) is 2.63. The minimum Gasteiger partial charge on any atom is -0.336 e. The molecular formula is C19H20N2O2S. The molecule has 124 valence electrons. The van der Waals surface area contributed by atoms with E-state index in [2.05, 4.69) is 25.1 Å². The van der Waals surface area contributed by atoms with Crippen LogP contribution in [-0.2, 0) is 11.2 Å². The van der Waals surface area contributed by atoms with E-state index >= 15 is 0 Å². The number of rotatable bonds is 2. The zero-order valence-electron chi connectivity index (χ0n) is 13.7. The van der Waals surface area contributed by atoms with E-state index in [4.69, 9.17) is 0 Å². The van der Waals surface area contributed by atoms with E-state index in [1.54, 1.807) is 4.90 Å². The smallest absolute Gasteiger partial charge is 0.263 e. The van der Waals surface area contributed by atoms with Crippen molar-refractivity contribution in [3.05, 3.63) is 51.7 Å². The fourth-order valence-corrected chi connectivity index (χ4v) is 4.22. The highest BCUT2D eigenvalue weighted by atomic mass is 32.1. The average molecular weight is 340 g/mol. The Balaban J connectivity index is 1.44. The van der Waals surface area contributed by atoms with Gasteiger partial charge < -0.3 is 9.80 Å². The van der Waals surface area contributed by atoms with Gasteiger partial charge in [0.05, 0.1) is 10.8 Å². The highest BCUT2D eigenvalue weighted by Gasteiger charge is 2.39. The molecule has 1 aromatic heterocycles. The first-order valence-electron chi connectivity index (χ1n) is 8.37. The summed E-state index contributed by atoms with van der Waals surface area (Å²) in [7, 11) is 0. The number of aryl methyl sites for hydroxylation is 2. The largest absolute Gasteiger partial charge is 0.336 e. The van der Waals surface area contributed by atoms with Crippen LogP contribution >= 0.6 is 11.3 Å². The van der Waals surface area contributed by atoms with Gasteiger partial charge in [0, 0.05) is 25.3 Å². The Morgan fingerprint density at radius 1 is 1.21 bits per heavy atom. The zero-order valence-corrected chi connectivity index (χ0v) is 14.5. The molecule has 2 amide bonds. The first kappa shape index (κ1) is 15.4. The third-order valence-corrected chi connectivity index (χ3v) is 5.73. The SMILES string of the molecule is Cc1ccc2c(c1)CCCN2C(=O)C1CN(C(=O)c2cccs2)C1. The van der Waals surface area contributed by atoms with E-state index in [0.717, 1.165) is 30.0 Å². The number of carbonyl (C=O) groups excluding carboxylic acids is 2. The van der Waals surface area contributed by atoms with Crippen molar-refractivity contribution in [2.24, 2.45) is 5.92 Å². The van der Waals surface area contributed by atoms with Crippen LogP contribution in [0, 0.1) is 12.8 Å². The Morgan fingerprint density at radius 2 is 2.04 bits per heavy atom. The summed E-state index contributed by atoms with van der Waals surface area (Å²) < 4.78 is 0. The number of thiophene rings is 1. The van der Waals surface area contributed by atoms with Crippen LogP contribution in [0.1, 0.15) is 27.2 Å². The van der Waals surface area contributed by atoms with Crippen LogP contribution < -0.4 is 4.90 Å². The van der Waals surface area contributed by atoms with Crippen LogP contribution in [0.2, 0.25) is 0 Å². The Bertz CT molecular complexity index is 779. The molecule has 4 nitrogen and oxygen atoms in total. The molecule has 1 fully saturated rings. The van der Waals surface area contributed by atoms with Crippen molar-refractivity contribution >= 4 is 28.8 Å². The Kier molecular flexibility index (Phi) is 3.88. The van der Waals surface area contributed by atoms with E-state index in [1.165, 1.54) is 22.5 Å². The summed E-state index contributed by atoms with van der Waals surface area (Å²) in [4.78, 5) is 29.6. The molecule has 0 saturated carbocycles. The summed E-state index contributed by atoms with van der Waals surface area (Å²) in [6, 6.07) is 10.0. The van der Waals surface area contributed by atoms with Crippen molar-refractivity contribution in [1.82, 2.24) is 4.90 Å². The molecule has 0 spiro atoms. The Labute approximate surface area is 145 Å². The first-order chi connectivity index (χ1) is 11.6. The highest BCUT2D eigenvalue weighted by Crippen LogP contribution is 2.31. The number of fused-ring (bicyclic) bond motifs is 1. The summed E-state index contributed by atoms with van der Waals surface area (Å²) in [6.45, 7) is 3.94. The number of hydrogen-bond acceptors (Lipinski definition) is 3. The summed E-state index contributed by atoms with van der Waals surface area (Å²) in [5.41, 5.74) is 3.56. The van der Waals surface area contributed by atoms with Gasteiger partial charge in [0.2, 0.25) is 5.91 Å². The highest BCUT2D eigenvalue weighted by molar-refractivity contribution is 7.12. The molecule has 0 N–H and O–H groups in total. The van der Waals surface area contributed by atoms with Gasteiger partial charge in [-0.05, 0) is 42.8 Å². The fourth-order valence-electron chi connectivity index (χ4n) is 3.53. The quantitative estimate of drug-likeness (QED) is 0.843. The van der Waals surface area contributed by atoms with Crippen LogP contribution in [0.4, 0.5) is 5.69 Å². The van der Waals surface area contributed by atoms with Gasteiger partial charge >= 0.3 is 0 Å². The summed E-state index contributed by atoms with van der Waals surface area (Å²) >= 11 is 1.45. The normalized spacial score (nSPS) is 17.4. The minimum absolute atomic E-state index is 0.0451. The Morgan fingerprint density at radius 3 is 2.79 bits per heavy atom. The number of carbonyl (C=O) groups is 2. The second-order valence-corrected chi connectivity index (χ2v) is 7.56. The number of likely N-dealkylation sites (tertiary alicyclic amines) is 1. The number of amides is 2. The van der Waals surface area contributed by atoms with Crippen LogP contribution in [0.25, 0.3) is 0 Å². The van der Waals surface area contributed by atoms with E-state index in [9.17, 15) is 9.59 Å². The molecule has 1 saturated heterocycles. The predicted octanol–water partition coefficient (Wildman–Crippen LogP) is 3.11. The molecule has 0 bridgehead atoms. The number of hydrogen-bond donors (Lipinski definition) is 0. The lowest BCUT2D eigenvalue weighted by Crippen LogP contribution is -2.57. The lowest BCUT2D eigenvalue weighted by Gasteiger charge is -2.41. The molecule has 0 aliphatic carbocycles. The molecule has 0 radical (unpaired) electrons. The maximum absolute atomic E-state index is 12.9. The molecule has 1 aromatic carbocycles. The molecule has 3 heterocycles. The van der Waals surface area contributed by atoms with Crippen LogP contribution in [0.3, 0.4) is 0 Å². The molecule has 2 aromatic rings. The summed E-state index contributed by atoms with van der Waals surface area (Å²) in [5, 5.41) is 1.91. The lowest BCUT2D eigenvalue weighted by atomic mass is 9.94. The van der Waals surface area contributed by atoms with Gasteiger partial charge in [0.25, 0.3) is 5.91 Å². The van der Waals surface area contributed by atoms with Crippen molar-refractivity contribution in [3.8, 4) is 0 Å². The number of nitrogens with zero attached hydrogens (tertiary/aromatic N) is 2.